The van der Waals surface area contributed by atoms with Gasteiger partial charge in [0.2, 0.25) is 5.91 Å². The van der Waals surface area contributed by atoms with Crippen LogP contribution in [0.2, 0.25) is 0 Å². The highest BCUT2D eigenvalue weighted by molar-refractivity contribution is 5.75. The Balaban J connectivity index is 1.77. The zero-order valence-electron chi connectivity index (χ0n) is 14.8. The third-order valence-electron chi connectivity index (χ3n) is 4.19. The molecule has 7 heteroatoms. The summed E-state index contributed by atoms with van der Waals surface area (Å²) in [5.74, 6) is 0.644. The Kier molecular flexibility index (Phi) is 6.78. The van der Waals surface area contributed by atoms with Crippen LogP contribution >= 0.6 is 0 Å². The van der Waals surface area contributed by atoms with Gasteiger partial charge in [0, 0.05) is 39.2 Å². The van der Waals surface area contributed by atoms with Gasteiger partial charge in [-0.1, -0.05) is 13.8 Å². The number of aromatic nitrogens is 2. The molecule has 24 heavy (non-hydrogen) atoms. The lowest BCUT2D eigenvalue weighted by molar-refractivity contribution is -0.121. The maximum atomic E-state index is 11.7. The van der Waals surface area contributed by atoms with Gasteiger partial charge in [0.1, 0.15) is 0 Å². The van der Waals surface area contributed by atoms with Gasteiger partial charge in [0.25, 0.3) is 5.56 Å². The van der Waals surface area contributed by atoms with Crippen molar-refractivity contribution in [3.8, 4) is 0 Å². The number of amides is 1. The summed E-state index contributed by atoms with van der Waals surface area (Å²) in [6.07, 6.45) is 4.01. The summed E-state index contributed by atoms with van der Waals surface area (Å²) < 4.78 is 7.08. The van der Waals surface area contributed by atoms with Crippen molar-refractivity contribution in [2.24, 2.45) is 13.0 Å². The normalized spacial score (nSPS) is 18.0. The highest BCUT2D eigenvalue weighted by Gasteiger charge is 2.21. The molecule has 1 aliphatic heterocycles. The number of anilines is 1. The first kappa shape index (κ1) is 18.4. The van der Waals surface area contributed by atoms with Crippen molar-refractivity contribution >= 4 is 11.6 Å². The van der Waals surface area contributed by atoms with E-state index in [-0.39, 0.29) is 17.6 Å². The van der Waals surface area contributed by atoms with Crippen LogP contribution in [0.3, 0.4) is 0 Å². The zero-order valence-corrected chi connectivity index (χ0v) is 14.8. The van der Waals surface area contributed by atoms with Crippen LogP contribution < -0.4 is 15.8 Å². The fourth-order valence-electron chi connectivity index (χ4n) is 2.64. The van der Waals surface area contributed by atoms with Crippen LogP contribution in [0.15, 0.2) is 17.1 Å². The maximum Gasteiger partial charge on any atom is 0.268 e. The van der Waals surface area contributed by atoms with Crippen molar-refractivity contribution < 1.29 is 9.53 Å². The molecular weight excluding hydrogens is 308 g/mol. The van der Waals surface area contributed by atoms with Crippen molar-refractivity contribution in [1.82, 2.24) is 15.1 Å². The average Bonchev–Trinajstić information content (AvgIpc) is 2.56. The lowest BCUT2D eigenvalue weighted by atomic mass is 10.1. The van der Waals surface area contributed by atoms with Crippen LogP contribution in [0.4, 0.5) is 5.69 Å². The summed E-state index contributed by atoms with van der Waals surface area (Å²) >= 11 is 0. The van der Waals surface area contributed by atoms with E-state index in [2.05, 4.69) is 29.2 Å². The second-order valence-corrected chi connectivity index (χ2v) is 6.69. The van der Waals surface area contributed by atoms with E-state index in [1.165, 1.54) is 4.68 Å². The zero-order chi connectivity index (χ0) is 17.5. The van der Waals surface area contributed by atoms with Crippen molar-refractivity contribution in [3.63, 3.8) is 0 Å². The molecule has 1 amide bonds. The Morgan fingerprint density at radius 3 is 3.00 bits per heavy atom. The van der Waals surface area contributed by atoms with E-state index >= 15 is 0 Å². The quantitative estimate of drug-likeness (QED) is 0.801. The fourth-order valence-corrected chi connectivity index (χ4v) is 2.64. The van der Waals surface area contributed by atoms with E-state index in [1.807, 2.05) is 0 Å². The maximum absolute atomic E-state index is 11.7. The highest BCUT2D eigenvalue weighted by Crippen LogP contribution is 2.16. The molecule has 1 aliphatic rings. The average molecular weight is 336 g/mol. The second kappa shape index (κ2) is 8.82. The third kappa shape index (κ3) is 5.63. The number of nitrogens with one attached hydrogen (secondary N) is 1. The van der Waals surface area contributed by atoms with Gasteiger partial charge in [0.15, 0.2) is 0 Å². The predicted octanol–water partition coefficient (Wildman–Crippen LogP) is 0.928. The Hall–Kier alpha value is -1.89. The van der Waals surface area contributed by atoms with Gasteiger partial charge >= 0.3 is 0 Å². The molecule has 0 aromatic carbocycles. The number of aryl methyl sites for hydroxylation is 1. The van der Waals surface area contributed by atoms with Crippen LogP contribution in [0, 0.1) is 5.92 Å². The van der Waals surface area contributed by atoms with E-state index in [1.54, 1.807) is 19.3 Å². The molecule has 0 radical (unpaired) electrons. The summed E-state index contributed by atoms with van der Waals surface area (Å²) in [6.45, 7) is 6.90. The molecule has 1 atom stereocenters. The number of carbonyl (C=O) groups is 1. The minimum Gasteiger partial charge on any atom is -0.374 e. The first-order valence-corrected chi connectivity index (χ1v) is 8.62. The predicted molar refractivity (Wildman–Crippen MR) is 93.1 cm³/mol. The largest absolute Gasteiger partial charge is 0.374 e. The molecule has 0 saturated carbocycles. The summed E-state index contributed by atoms with van der Waals surface area (Å²) in [4.78, 5) is 25.6. The summed E-state index contributed by atoms with van der Waals surface area (Å²) in [5, 5.41) is 7.02. The molecule has 1 saturated heterocycles. The third-order valence-corrected chi connectivity index (χ3v) is 4.19. The van der Waals surface area contributed by atoms with Crippen molar-refractivity contribution in [2.75, 3.05) is 31.1 Å². The number of hydrogen-bond donors (Lipinski definition) is 1. The number of morpholine rings is 1. The summed E-state index contributed by atoms with van der Waals surface area (Å²) in [5.41, 5.74) is 0.709. The lowest BCUT2D eigenvalue weighted by Gasteiger charge is -2.34. The van der Waals surface area contributed by atoms with Gasteiger partial charge in [-0.3, -0.25) is 9.59 Å². The van der Waals surface area contributed by atoms with Gasteiger partial charge in [-0.15, -0.1) is 0 Å². The van der Waals surface area contributed by atoms with Gasteiger partial charge in [-0.05, 0) is 18.8 Å². The van der Waals surface area contributed by atoms with Gasteiger partial charge in [-0.25, -0.2) is 4.68 Å². The molecule has 2 rings (SSSR count). The molecule has 0 spiro atoms. The topological polar surface area (TPSA) is 76.5 Å². The van der Waals surface area contributed by atoms with Crippen molar-refractivity contribution in [1.29, 1.82) is 0 Å². The van der Waals surface area contributed by atoms with Crippen LogP contribution in [0.1, 0.15) is 33.1 Å². The van der Waals surface area contributed by atoms with Gasteiger partial charge < -0.3 is 15.0 Å². The van der Waals surface area contributed by atoms with E-state index in [0.717, 1.165) is 25.1 Å². The molecule has 2 heterocycles. The SMILES string of the molecule is CC(C)CCC(=O)NCC[C@H]1CN(c2cnn(C)c(=O)c2)CCO1. The Morgan fingerprint density at radius 1 is 1.50 bits per heavy atom. The summed E-state index contributed by atoms with van der Waals surface area (Å²) in [6, 6.07) is 1.60. The number of carbonyl (C=O) groups excluding carboxylic acids is 1. The standard InChI is InChI=1S/C17H28N4O3/c1-13(2)4-5-16(22)18-7-6-15-12-21(8-9-24-15)14-10-17(23)20(3)19-11-14/h10-11,13,15H,4-9,12H2,1-3H3,(H,18,22)/t15-/m0/s1. The summed E-state index contributed by atoms with van der Waals surface area (Å²) in [7, 11) is 1.64. The van der Waals surface area contributed by atoms with E-state index < -0.39 is 0 Å². The molecule has 1 N–H and O–H groups in total. The van der Waals surface area contributed by atoms with Crippen molar-refractivity contribution in [2.45, 2.75) is 39.2 Å². The smallest absolute Gasteiger partial charge is 0.268 e. The fraction of sp³-hybridized carbons (Fsp3) is 0.706. The molecule has 0 aliphatic carbocycles. The van der Waals surface area contributed by atoms with Crippen LogP contribution in [0.5, 0.6) is 0 Å². The monoisotopic (exact) mass is 336 g/mol. The second-order valence-electron chi connectivity index (χ2n) is 6.69. The van der Waals surface area contributed by atoms with E-state index in [0.29, 0.717) is 32.0 Å². The molecule has 7 nitrogen and oxygen atoms in total. The first-order chi connectivity index (χ1) is 11.5. The van der Waals surface area contributed by atoms with E-state index in [9.17, 15) is 9.59 Å². The van der Waals surface area contributed by atoms with E-state index in [4.69, 9.17) is 4.74 Å². The number of rotatable bonds is 7. The Morgan fingerprint density at radius 2 is 2.29 bits per heavy atom. The van der Waals surface area contributed by atoms with Gasteiger partial charge in [0.05, 0.1) is 24.6 Å². The molecule has 0 bridgehead atoms. The molecule has 1 fully saturated rings. The minimum atomic E-state index is -0.118. The highest BCUT2D eigenvalue weighted by atomic mass is 16.5. The number of hydrogen-bond acceptors (Lipinski definition) is 5. The molecular formula is C17H28N4O3. The first-order valence-electron chi connectivity index (χ1n) is 8.62. The van der Waals surface area contributed by atoms with Crippen LogP contribution in [0.25, 0.3) is 0 Å². The molecule has 1 aromatic rings. The molecule has 134 valence electrons. The number of nitrogens with zero attached hydrogens (tertiary/aromatic N) is 3. The van der Waals surface area contributed by atoms with Crippen LogP contribution in [-0.2, 0) is 16.6 Å². The Bertz CT molecular complexity index is 600. The molecule has 0 unspecified atom stereocenters. The molecule has 1 aromatic heterocycles. The van der Waals surface area contributed by atoms with Crippen LogP contribution in [-0.4, -0.2) is 48.0 Å². The Labute approximate surface area is 143 Å². The minimum absolute atomic E-state index is 0.0493. The van der Waals surface area contributed by atoms with Crippen molar-refractivity contribution in [3.05, 3.63) is 22.6 Å². The van der Waals surface area contributed by atoms with Gasteiger partial charge in [-0.2, -0.15) is 5.10 Å². The number of ether oxygens (including phenoxy) is 1. The lowest BCUT2D eigenvalue weighted by Crippen LogP contribution is -2.44.